The molecule has 0 spiro atoms. The molecule has 5 nitrogen and oxygen atoms in total. The summed E-state index contributed by atoms with van der Waals surface area (Å²) in [4.78, 5) is 12.8. The monoisotopic (exact) mass is 348 g/mol. The highest BCUT2D eigenvalue weighted by Crippen LogP contribution is 2.26. The molecular weight excluding hydrogens is 332 g/mol. The van der Waals surface area contributed by atoms with E-state index in [4.69, 9.17) is 5.73 Å². The summed E-state index contributed by atoms with van der Waals surface area (Å²) >= 11 is 3.49. The number of aromatic amines is 1. The molecule has 0 aliphatic rings. The first kappa shape index (κ1) is 14.3. The van der Waals surface area contributed by atoms with Gasteiger partial charge in [0.25, 0.3) is 5.56 Å². The van der Waals surface area contributed by atoms with Crippen molar-refractivity contribution in [3.05, 3.63) is 38.7 Å². The average Bonchev–Trinajstić information content (AvgIpc) is 2.85. The summed E-state index contributed by atoms with van der Waals surface area (Å²) in [7, 11) is 0. The van der Waals surface area contributed by atoms with Gasteiger partial charge in [-0.2, -0.15) is 5.10 Å². The maximum absolute atomic E-state index is 12.8. The van der Waals surface area contributed by atoms with Crippen LogP contribution in [0.5, 0.6) is 0 Å². The zero-order valence-electron chi connectivity index (χ0n) is 12.0. The molecule has 110 valence electrons. The van der Waals surface area contributed by atoms with Crippen LogP contribution in [0.25, 0.3) is 21.8 Å². The third-order valence-electron chi connectivity index (χ3n) is 3.81. The summed E-state index contributed by atoms with van der Waals surface area (Å²) in [6.45, 7) is 5.07. The fourth-order valence-corrected chi connectivity index (χ4v) is 2.99. The summed E-state index contributed by atoms with van der Waals surface area (Å²) in [6, 6.07) is 5.89. The van der Waals surface area contributed by atoms with Crippen LogP contribution < -0.4 is 11.3 Å². The van der Waals surface area contributed by atoms with E-state index in [9.17, 15) is 4.79 Å². The highest BCUT2D eigenvalue weighted by molar-refractivity contribution is 9.10. The molecule has 2 aromatic heterocycles. The molecule has 0 aliphatic heterocycles. The number of rotatable bonds is 3. The lowest BCUT2D eigenvalue weighted by molar-refractivity contribution is 0.494. The number of H-pyrrole nitrogens is 1. The van der Waals surface area contributed by atoms with Gasteiger partial charge in [0.15, 0.2) is 0 Å². The van der Waals surface area contributed by atoms with Gasteiger partial charge in [0.2, 0.25) is 0 Å². The normalized spacial score (nSPS) is 13.1. The van der Waals surface area contributed by atoms with Crippen LogP contribution in [0.3, 0.4) is 0 Å². The maximum Gasteiger partial charge on any atom is 0.262 e. The van der Waals surface area contributed by atoms with E-state index in [1.54, 1.807) is 0 Å². The Labute approximate surface area is 130 Å². The topological polar surface area (TPSA) is 76.7 Å². The molecule has 2 heterocycles. The predicted octanol–water partition coefficient (Wildman–Crippen LogP) is 2.54. The Morgan fingerprint density at radius 2 is 2.24 bits per heavy atom. The average molecular weight is 349 g/mol. The third-order valence-corrected chi connectivity index (χ3v) is 4.30. The molecule has 0 amide bonds. The van der Waals surface area contributed by atoms with Crippen LogP contribution in [0.4, 0.5) is 0 Å². The lowest BCUT2D eigenvalue weighted by atomic mass is 10.1. The number of hydrogen-bond acceptors (Lipinski definition) is 3. The molecule has 3 N–H and O–H groups in total. The third kappa shape index (κ3) is 2.28. The smallest absolute Gasteiger partial charge is 0.262 e. The SMILES string of the molecule is Cc1[nH]nc2c1c(=O)n(CC(C)CN)c1ccc(Br)cc21. The molecular formula is C15H17BrN4O. The van der Waals surface area contributed by atoms with Gasteiger partial charge in [-0.1, -0.05) is 22.9 Å². The molecule has 1 unspecified atom stereocenters. The van der Waals surface area contributed by atoms with Crippen LogP contribution >= 0.6 is 15.9 Å². The second-order valence-electron chi connectivity index (χ2n) is 5.49. The van der Waals surface area contributed by atoms with Gasteiger partial charge < -0.3 is 10.3 Å². The highest BCUT2D eigenvalue weighted by atomic mass is 79.9. The molecule has 21 heavy (non-hydrogen) atoms. The van der Waals surface area contributed by atoms with Gasteiger partial charge in [-0.3, -0.25) is 9.89 Å². The molecule has 0 bridgehead atoms. The van der Waals surface area contributed by atoms with Crippen LogP contribution in [-0.2, 0) is 6.54 Å². The minimum absolute atomic E-state index is 0.00799. The summed E-state index contributed by atoms with van der Waals surface area (Å²) < 4.78 is 2.78. The molecule has 3 aromatic rings. The molecule has 0 fully saturated rings. The Morgan fingerprint density at radius 3 is 2.95 bits per heavy atom. The summed E-state index contributed by atoms with van der Waals surface area (Å²) in [5.74, 6) is 0.235. The van der Waals surface area contributed by atoms with Crippen LogP contribution in [0, 0.1) is 12.8 Å². The van der Waals surface area contributed by atoms with E-state index >= 15 is 0 Å². The quantitative estimate of drug-likeness (QED) is 0.763. The number of hydrogen-bond donors (Lipinski definition) is 2. The first-order chi connectivity index (χ1) is 10.0. The second-order valence-corrected chi connectivity index (χ2v) is 6.41. The minimum atomic E-state index is -0.00799. The number of nitrogens with one attached hydrogen (secondary N) is 1. The molecule has 0 saturated heterocycles. The number of benzene rings is 1. The zero-order valence-corrected chi connectivity index (χ0v) is 13.6. The van der Waals surface area contributed by atoms with Crippen LogP contribution in [0.15, 0.2) is 27.5 Å². The first-order valence-electron chi connectivity index (χ1n) is 6.89. The number of nitrogens with two attached hydrogens (primary N) is 1. The Bertz CT molecular complexity index is 881. The fourth-order valence-electron chi connectivity index (χ4n) is 2.63. The van der Waals surface area contributed by atoms with E-state index in [1.807, 2.05) is 36.6 Å². The van der Waals surface area contributed by atoms with Crippen molar-refractivity contribution in [1.29, 1.82) is 0 Å². The van der Waals surface area contributed by atoms with E-state index in [-0.39, 0.29) is 11.5 Å². The van der Waals surface area contributed by atoms with Crippen molar-refractivity contribution in [2.24, 2.45) is 11.7 Å². The van der Waals surface area contributed by atoms with Gasteiger partial charge >= 0.3 is 0 Å². The van der Waals surface area contributed by atoms with E-state index < -0.39 is 0 Å². The molecule has 0 radical (unpaired) electrons. The Hall–Kier alpha value is -1.66. The van der Waals surface area contributed by atoms with Gasteiger partial charge in [-0.05, 0) is 37.6 Å². The Morgan fingerprint density at radius 1 is 1.48 bits per heavy atom. The summed E-state index contributed by atoms with van der Waals surface area (Å²) in [5.41, 5.74) is 8.13. The number of halogens is 1. The standard InChI is InChI=1S/C15H17BrN4O/c1-8(6-17)7-20-12-4-3-10(16)5-11(12)14-13(15(20)21)9(2)18-19-14/h3-5,8H,6-7,17H2,1-2H3,(H,18,19). The minimum Gasteiger partial charge on any atom is -0.330 e. The summed E-state index contributed by atoms with van der Waals surface area (Å²) in [6.07, 6.45) is 0. The van der Waals surface area contributed by atoms with Crippen molar-refractivity contribution in [3.8, 4) is 0 Å². The molecule has 3 rings (SSSR count). The van der Waals surface area contributed by atoms with Crippen LogP contribution in [0.1, 0.15) is 12.6 Å². The van der Waals surface area contributed by atoms with E-state index in [2.05, 4.69) is 26.1 Å². The molecule has 1 atom stereocenters. The van der Waals surface area contributed by atoms with Gasteiger partial charge in [0.1, 0.15) is 5.52 Å². The molecule has 1 aromatic carbocycles. The Kier molecular flexibility index (Phi) is 3.59. The van der Waals surface area contributed by atoms with Crippen molar-refractivity contribution in [2.45, 2.75) is 20.4 Å². The first-order valence-corrected chi connectivity index (χ1v) is 7.69. The fraction of sp³-hybridized carbons (Fsp3) is 0.333. The number of aromatic nitrogens is 3. The lowest BCUT2D eigenvalue weighted by Crippen LogP contribution is -2.27. The van der Waals surface area contributed by atoms with Crippen LogP contribution in [0.2, 0.25) is 0 Å². The number of fused-ring (bicyclic) bond motifs is 3. The lowest BCUT2D eigenvalue weighted by Gasteiger charge is -2.15. The van der Waals surface area contributed by atoms with Gasteiger partial charge in [-0.25, -0.2) is 0 Å². The highest BCUT2D eigenvalue weighted by Gasteiger charge is 2.16. The largest absolute Gasteiger partial charge is 0.330 e. The number of nitrogens with zero attached hydrogens (tertiary/aromatic N) is 2. The van der Waals surface area contributed by atoms with Gasteiger partial charge in [0.05, 0.1) is 10.9 Å². The van der Waals surface area contributed by atoms with Crippen molar-refractivity contribution < 1.29 is 0 Å². The second kappa shape index (κ2) is 5.27. The van der Waals surface area contributed by atoms with E-state index in [1.165, 1.54) is 0 Å². The molecule has 0 saturated carbocycles. The van der Waals surface area contributed by atoms with Crippen molar-refractivity contribution in [2.75, 3.05) is 6.54 Å². The Balaban J connectivity index is 2.45. The van der Waals surface area contributed by atoms with E-state index in [0.717, 1.165) is 26.6 Å². The van der Waals surface area contributed by atoms with Crippen molar-refractivity contribution >= 4 is 37.7 Å². The zero-order chi connectivity index (χ0) is 15.1. The molecule has 6 heteroatoms. The van der Waals surface area contributed by atoms with Gasteiger partial charge in [0, 0.05) is 22.1 Å². The maximum atomic E-state index is 12.8. The molecule has 0 aliphatic carbocycles. The van der Waals surface area contributed by atoms with Crippen LogP contribution in [-0.4, -0.2) is 21.3 Å². The van der Waals surface area contributed by atoms with Crippen molar-refractivity contribution in [1.82, 2.24) is 14.8 Å². The number of pyridine rings is 1. The predicted molar refractivity (Wildman–Crippen MR) is 88.5 cm³/mol. The van der Waals surface area contributed by atoms with Gasteiger partial charge in [-0.15, -0.1) is 0 Å². The summed E-state index contributed by atoms with van der Waals surface area (Å²) in [5, 5.41) is 8.85. The number of aryl methyl sites for hydroxylation is 1. The van der Waals surface area contributed by atoms with E-state index in [0.29, 0.717) is 18.5 Å². The van der Waals surface area contributed by atoms with Crippen molar-refractivity contribution in [3.63, 3.8) is 0 Å².